The lowest BCUT2D eigenvalue weighted by molar-refractivity contribution is 0.0955. The monoisotopic (exact) mass is 217 g/mol. The molecule has 0 bridgehead atoms. The molecule has 2 nitrogen and oxygen atoms in total. The van der Waals surface area contributed by atoms with Crippen LogP contribution in [0.3, 0.4) is 0 Å². The molecule has 1 fully saturated rings. The van der Waals surface area contributed by atoms with Crippen LogP contribution in [0.15, 0.2) is 0 Å². The molecule has 0 saturated carbocycles. The third kappa shape index (κ3) is 3.84. The number of ether oxygens (including phenoxy) is 1. The van der Waals surface area contributed by atoms with Crippen molar-refractivity contribution in [1.29, 1.82) is 0 Å². The molecule has 0 aromatic carbocycles. The number of rotatable bonds is 6. The molecule has 0 amide bonds. The van der Waals surface area contributed by atoms with Crippen molar-refractivity contribution >= 4 is 8.58 Å². The minimum Gasteiger partial charge on any atom is -0.378 e. The van der Waals surface area contributed by atoms with Gasteiger partial charge in [-0.2, -0.15) is 0 Å². The number of hydrogen-bond donors (Lipinski definition) is 1. The van der Waals surface area contributed by atoms with E-state index in [1.165, 1.54) is 19.0 Å². The van der Waals surface area contributed by atoms with Crippen molar-refractivity contribution < 1.29 is 4.74 Å². The molecule has 1 aliphatic heterocycles. The van der Waals surface area contributed by atoms with Crippen LogP contribution >= 0.6 is 8.58 Å². The van der Waals surface area contributed by atoms with Gasteiger partial charge in [0.1, 0.15) is 0 Å². The summed E-state index contributed by atoms with van der Waals surface area (Å²) in [6.45, 7) is 9.88. The van der Waals surface area contributed by atoms with Crippen molar-refractivity contribution in [3.63, 3.8) is 0 Å². The van der Waals surface area contributed by atoms with Gasteiger partial charge >= 0.3 is 0 Å². The van der Waals surface area contributed by atoms with Gasteiger partial charge in [-0.15, -0.1) is 8.58 Å². The first-order valence-corrected chi connectivity index (χ1v) is 7.38. The first kappa shape index (κ1) is 12.4. The van der Waals surface area contributed by atoms with Crippen molar-refractivity contribution in [2.24, 2.45) is 5.41 Å². The van der Waals surface area contributed by atoms with E-state index < -0.39 is 0 Å². The predicted molar refractivity (Wildman–Crippen MR) is 64.7 cm³/mol. The van der Waals surface area contributed by atoms with Gasteiger partial charge in [-0.3, -0.25) is 0 Å². The Hall–Kier alpha value is 0.350. The van der Waals surface area contributed by atoms with Gasteiger partial charge in [0.2, 0.25) is 0 Å². The van der Waals surface area contributed by atoms with Crippen LogP contribution in [-0.2, 0) is 4.74 Å². The lowest BCUT2D eigenvalue weighted by atomic mass is 9.87. The summed E-state index contributed by atoms with van der Waals surface area (Å²) in [5.74, 6) is 0. The first-order chi connectivity index (χ1) is 6.70. The third-order valence-electron chi connectivity index (χ3n) is 2.91. The fourth-order valence-corrected chi connectivity index (χ4v) is 2.64. The highest BCUT2D eigenvalue weighted by molar-refractivity contribution is 7.36. The van der Waals surface area contributed by atoms with Gasteiger partial charge in [-0.25, -0.2) is 0 Å². The molecule has 0 spiro atoms. The molecule has 0 aromatic heterocycles. The highest BCUT2D eigenvalue weighted by atomic mass is 31.1. The van der Waals surface area contributed by atoms with Crippen LogP contribution in [0, 0.1) is 5.41 Å². The molecule has 1 heterocycles. The molecule has 0 aromatic rings. The average Bonchev–Trinajstić information content (AvgIpc) is 2.55. The molecule has 3 heteroatoms. The summed E-state index contributed by atoms with van der Waals surface area (Å²) in [5, 5.41) is 3.43. The molecule has 1 aliphatic rings. The summed E-state index contributed by atoms with van der Waals surface area (Å²) in [4.78, 5) is 0. The molecule has 3 unspecified atom stereocenters. The van der Waals surface area contributed by atoms with E-state index in [2.05, 4.69) is 25.8 Å². The Morgan fingerprint density at radius 1 is 1.57 bits per heavy atom. The fourth-order valence-electron chi connectivity index (χ4n) is 2.03. The molecule has 1 rings (SSSR count). The van der Waals surface area contributed by atoms with Crippen LogP contribution < -0.4 is 5.32 Å². The summed E-state index contributed by atoms with van der Waals surface area (Å²) in [6.07, 6.45) is 4.37. The van der Waals surface area contributed by atoms with E-state index in [-0.39, 0.29) is 0 Å². The van der Waals surface area contributed by atoms with Crippen molar-refractivity contribution in [2.75, 3.05) is 32.5 Å². The molecule has 3 atom stereocenters. The zero-order valence-electron chi connectivity index (χ0n) is 9.73. The predicted octanol–water partition coefficient (Wildman–Crippen LogP) is 2.09. The highest BCUT2D eigenvalue weighted by Crippen LogP contribution is 2.33. The van der Waals surface area contributed by atoms with Crippen LogP contribution in [0.2, 0.25) is 0 Å². The topological polar surface area (TPSA) is 21.3 Å². The number of hydrogen-bond acceptors (Lipinski definition) is 2. The van der Waals surface area contributed by atoms with Crippen molar-refractivity contribution in [1.82, 2.24) is 5.32 Å². The second kappa shape index (κ2) is 6.05. The minimum absolute atomic E-state index is 0.386. The van der Waals surface area contributed by atoms with Gasteiger partial charge < -0.3 is 10.1 Å². The van der Waals surface area contributed by atoms with Crippen molar-refractivity contribution in [3.8, 4) is 0 Å². The summed E-state index contributed by atoms with van der Waals surface area (Å²) in [5.41, 5.74) is 0.386. The maximum atomic E-state index is 5.83. The van der Waals surface area contributed by atoms with E-state index >= 15 is 0 Å². The first-order valence-electron chi connectivity index (χ1n) is 5.67. The summed E-state index contributed by atoms with van der Waals surface area (Å²) < 4.78 is 5.83. The molecular weight excluding hydrogens is 193 g/mol. The molecule has 84 valence electrons. The van der Waals surface area contributed by atoms with Crippen LogP contribution in [0.25, 0.3) is 0 Å². The second-order valence-corrected chi connectivity index (χ2v) is 5.83. The molecule has 0 radical (unpaired) electrons. The maximum Gasteiger partial charge on any atom is 0.0585 e. The van der Waals surface area contributed by atoms with Crippen LogP contribution in [0.1, 0.15) is 26.7 Å². The molecule has 14 heavy (non-hydrogen) atoms. The normalized spacial score (nSPS) is 33.2. The van der Waals surface area contributed by atoms with Gasteiger partial charge in [0.25, 0.3) is 0 Å². The third-order valence-corrected chi connectivity index (χ3v) is 3.69. The molecule has 1 saturated heterocycles. The molecular formula is C11H24NOP. The van der Waals surface area contributed by atoms with Crippen molar-refractivity contribution in [3.05, 3.63) is 0 Å². The zero-order valence-corrected chi connectivity index (χ0v) is 10.7. The highest BCUT2D eigenvalue weighted by Gasteiger charge is 2.35. The standard InChI is InChI=1S/C11H24NOP/c1-4-12-8-11(2)7-10(13-9-11)5-6-14-3/h10,12,14H,4-9H2,1-3H3. The minimum atomic E-state index is 0.386. The summed E-state index contributed by atoms with van der Waals surface area (Å²) >= 11 is 0. The largest absolute Gasteiger partial charge is 0.378 e. The Morgan fingerprint density at radius 3 is 3.00 bits per heavy atom. The van der Waals surface area contributed by atoms with Crippen LogP contribution in [0.4, 0.5) is 0 Å². The van der Waals surface area contributed by atoms with Crippen molar-refractivity contribution in [2.45, 2.75) is 32.8 Å². The lowest BCUT2D eigenvalue weighted by Gasteiger charge is -2.21. The smallest absolute Gasteiger partial charge is 0.0585 e. The van der Waals surface area contributed by atoms with Crippen LogP contribution in [-0.4, -0.2) is 38.6 Å². The summed E-state index contributed by atoms with van der Waals surface area (Å²) in [6, 6.07) is 0. The summed E-state index contributed by atoms with van der Waals surface area (Å²) in [7, 11) is 1.07. The maximum absolute atomic E-state index is 5.83. The van der Waals surface area contributed by atoms with Gasteiger partial charge in [-0.05, 0) is 32.2 Å². The van der Waals surface area contributed by atoms with E-state index in [9.17, 15) is 0 Å². The van der Waals surface area contributed by atoms with Gasteiger partial charge in [0.15, 0.2) is 0 Å². The number of nitrogens with one attached hydrogen (secondary N) is 1. The van der Waals surface area contributed by atoms with Crippen LogP contribution in [0.5, 0.6) is 0 Å². The Balaban J connectivity index is 2.24. The molecule has 1 N–H and O–H groups in total. The van der Waals surface area contributed by atoms with E-state index in [0.29, 0.717) is 11.5 Å². The molecule has 0 aliphatic carbocycles. The van der Waals surface area contributed by atoms with Gasteiger partial charge in [0, 0.05) is 12.0 Å². The Labute approximate surface area is 90.0 Å². The average molecular weight is 217 g/mol. The van der Waals surface area contributed by atoms with E-state index in [1.807, 2.05) is 0 Å². The fraction of sp³-hybridized carbons (Fsp3) is 1.00. The van der Waals surface area contributed by atoms with Gasteiger partial charge in [-0.1, -0.05) is 13.8 Å². The lowest BCUT2D eigenvalue weighted by Crippen LogP contribution is -2.32. The Kier molecular flexibility index (Phi) is 5.36. The SMILES string of the molecule is CCNCC1(C)COC(CCPC)C1. The van der Waals surface area contributed by atoms with Gasteiger partial charge in [0.05, 0.1) is 12.7 Å². The Morgan fingerprint density at radius 2 is 2.36 bits per heavy atom. The quantitative estimate of drug-likeness (QED) is 0.688. The van der Waals surface area contributed by atoms with E-state index in [1.54, 1.807) is 0 Å². The second-order valence-electron chi connectivity index (χ2n) is 4.62. The zero-order chi connectivity index (χ0) is 10.4. The van der Waals surface area contributed by atoms with E-state index in [0.717, 1.165) is 28.3 Å². The Bertz CT molecular complexity index is 165. The van der Waals surface area contributed by atoms with E-state index in [4.69, 9.17) is 4.74 Å².